The first kappa shape index (κ1) is 13.6. The summed E-state index contributed by atoms with van der Waals surface area (Å²) in [5.74, 6) is -0.338. The third-order valence-electron chi connectivity index (χ3n) is 2.33. The molecule has 16 heavy (non-hydrogen) atoms. The van der Waals surface area contributed by atoms with Crippen LogP contribution < -0.4 is 0 Å². The third-order valence-corrected chi connectivity index (χ3v) is 2.33. The van der Waals surface area contributed by atoms with Gasteiger partial charge in [-0.15, -0.1) is 0 Å². The number of aromatic hydroxyl groups is 1. The van der Waals surface area contributed by atoms with Crippen molar-refractivity contribution in [2.24, 2.45) is 0 Å². The second-order valence-electron chi connectivity index (χ2n) is 3.45. The molecule has 0 saturated carbocycles. The zero-order chi connectivity index (χ0) is 10.8. The number of para-hydroxylation sites is 1. The molecule has 3 nitrogen and oxygen atoms in total. The van der Waals surface area contributed by atoms with Crippen LogP contribution in [0.2, 0.25) is 0 Å². The van der Waals surface area contributed by atoms with Gasteiger partial charge in [-0.05, 0) is 12.5 Å². The summed E-state index contributed by atoms with van der Waals surface area (Å²) in [6, 6.07) is 7.14. The number of hydrogen-bond donors (Lipinski definition) is 1. The molecule has 1 N–H and O–H groups in total. The predicted molar refractivity (Wildman–Crippen MR) is 62.9 cm³/mol. The number of hydrogen-bond acceptors (Lipinski definition) is 3. The molecular formula is C12H12CaO3. The largest absolute Gasteiger partial charge is 0.480 e. The Balaban J connectivity index is 0.00000128. The maximum atomic E-state index is 11.7. The fourth-order valence-electron chi connectivity index (χ4n) is 1.65. The quantitative estimate of drug-likeness (QED) is 0.667. The van der Waals surface area contributed by atoms with Crippen molar-refractivity contribution in [1.29, 1.82) is 0 Å². The Morgan fingerprint density at radius 1 is 1.38 bits per heavy atom. The minimum atomic E-state index is -0.269. The van der Waals surface area contributed by atoms with Gasteiger partial charge in [0.25, 0.3) is 5.95 Å². The van der Waals surface area contributed by atoms with Crippen molar-refractivity contribution in [2.45, 2.75) is 19.8 Å². The second kappa shape index (κ2) is 5.71. The molecule has 0 amide bonds. The topological polar surface area (TPSA) is 50.4 Å². The Morgan fingerprint density at radius 2 is 2.06 bits per heavy atom. The molecule has 2 radical (unpaired) electrons. The smallest absolute Gasteiger partial charge is 0.294 e. The molecule has 0 bridgehead atoms. The molecule has 0 aliphatic heterocycles. The van der Waals surface area contributed by atoms with Crippen LogP contribution in [0, 0.1) is 0 Å². The fraction of sp³-hybridized carbons (Fsp3) is 0.250. The van der Waals surface area contributed by atoms with Gasteiger partial charge < -0.3 is 9.52 Å². The number of carbonyl (C=O) groups excluding carboxylic acids is 1. The number of ketones is 1. The predicted octanol–water partition coefficient (Wildman–Crippen LogP) is 2.74. The van der Waals surface area contributed by atoms with Crippen LogP contribution in [0.1, 0.15) is 30.1 Å². The van der Waals surface area contributed by atoms with E-state index >= 15 is 0 Å². The van der Waals surface area contributed by atoms with Gasteiger partial charge in [0.1, 0.15) is 11.1 Å². The van der Waals surface area contributed by atoms with Gasteiger partial charge in [-0.3, -0.25) is 4.79 Å². The van der Waals surface area contributed by atoms with Crippen molar-refractivity contribution in [3.05, 3.63) is 29.8 Å². The number of Topliss-reactive ketones (excluding diaryl/α,β-unsaturated/α-hetero) is 1. The molecule has 80 valence electrons. The third kappa shape index (κ3) is 2.42. The van der Waals surface area contributed by atoms with Gasteiger partial charge >= 0.3 is 0 Å². The summed E-state index contributed by atoms with van der Waals surface area (Å²) in [7, 11) is 0. The van der Waals surface area contributed by atoms with Crippen LogP contribution in [0.4, 0.5) is 0 Å². The molecule has 1 heterocycles. The molecule has 0 aliphatic rings. The van der Waals surface area contributed by atoms with Gasteiger partial charge in [0.05, 0.1) is 0 Å². The van der Waals surface area contributed by atoms with Crippen LogP contribution in [-0.2, 0) is 0 Å². The van der Waals surface area contributed by atoms with Gasteiger partial charge in [0.2, 0.25) is 0 Å². The molecular weight excluding hydrogens is 232 g/mol. The number of fused-ring (bicyclic) bond motifs is 1. The van der Waals surface area contributed by atoms with Crippen LogP contribution in [0.15, 0.2) is 28.7 Å². The Labute approximate surface area is 123 Å². The molecule has 0 unspecified atom stereocenters. The monoisotopic (exact) mass is 244 g/mol. The molecule has 2 rings (SSSR count). The van der Waals surface area contributed by atoms with E-state index in [1.54, 1.807) is 18.2 Å². The van der Waals surface area contributed by atoms with Crippen molar-refractivity contribution in [1.82, 2.24) is 0 Å². The summed E-state index contributed by atoms with van der Waals surface area (Å²) in [5.41, 5.74) is 0.863. The van der Waals surface area contributed by atoms with Gasteiger partial charge in [0.15, 0.2) is 5.78 Å². The molecule has 0 aliphatic carbocycles. The van der Waals surface area contributed by atoms with E-state index in [-0.39, 0.29) is 49.5 Å². The zero-order valence-corrected chi connectivity index (χ0v) is 11.4. The van der Waals surface area contributed by atoms with E-state index in [1.807, 2.05) is 13.0 Å². The van der Waals surface area contributed by atoms with Crippen molar-refractivity contribution >= 4 is 54.5 Å². The maximum absolute atomic E-state index is 11.7. The Bertz CT molecular complexity index is 502. The van der Waals surface area contributed by atoms with Crippen LogP contribution >= 0.6 is 0 Å². The summed E-state index contributed by atoms with van der Waals surface area (Å²) >= 11 is 0. The molecule has 4 heteroatoms. The normalized spacial score (nSPS) is 10.1. The van der Waals surface area contributed by atoms with E-state index in [9.17, 15) is 9.90 Å². The standard InChI is InChI=1S/C12H12O3.Ca/c1-2-5-9(13)11-8-6-3-4-7-10(8)15-12(11)14;/h3-4,6-7,14H,2,5H2,1H3;. The minimum Gasteiger partial charge on any atom is -0.480 e. The summed E-state index contributed by atoms with van der Waals surface area (Å²) < 4.78 is 5.10. The average molecular weight is 244 g/mol. The molecule has 1 aromatic carbocycles. The molecule has 1 aromatic heterocycles. The van der Waals surface area contributed by atoms with E-state index in [4.69, 9.17) is 4.42 Å². The first-order chi connectivity index (χ1) is 7.24. The first-order valence-corrected chi connectivity index (χ1v) is 4.97. The van der Waals surface area contributed by atoms with Gasteiger partial charge in [0, 0.05) is 49.5 Å². The first-order valence-electron chi connectivity index (χ1n) is 4.97. The molecule has 0 saturated heterocycles. The molecule has 2 aromatic rings. The van der Waals surface area contributed by atoms with Crippen molar-refractivity contribution in [3.8, 4) is 5.95 Å². The Morgan fingerprint density at radius 3 is 2.75 bits per heavy atom. The second-order valence-corrected chi connectivity index (χ2v) is 3.45. The zero-order valence-electron chi connectivity index (χ0n) is 9.19. The minimum absolute atomic E-state index is 0. The van der Waals surface area contributed by atoms with E-state index < -0.39 is 0 Å². The van der Waals surface area contributed by atoms with E-state index in [1.165, 1.54) is 0 Å². The van der Waals surface area contributed by atoms with Crippen LogP contribution in [0.3, 0.4) is 0 Å². The van der Waals surface area contributed by atoms with Crippen molar-refractivity contribution < 1.29 is 14.3 Å². The summed E-state index contributed by atoms with van der Waals surface area (Å²) in [4.78, 5) is 11.7. The number of furan rings is 1. The Hall–Kier alpha value is -0.510. The van der Waals surface area contributed by atoms with Crippen molar-refractivity contribution in [2.75, 3.05) is 0 Å². The summed E-state index contributed by atoms with van der Waals surface area (Å²) in [6.07, 6.45) is 1.19. The van der Waals surface area contributed by atoms with E-state index in [2.05, 4.69) is 0 Å². The fourth-order valence-corrected chi connectivity index (χ4v) is 1.65. The van der Waals surface area contributed by atoms with Crippen LogP contribution in [0.5, 0.6) is 5.95 Å². The molecule has 0 fully saturated rings. The maximum Gasteiger partial charge on any atom is 0.294 e. The van der Waals surface area contributed by atoms with Gasteiger partial charge in [-0.2, -0.15) is 0 Å². The number of benzene rings is 1. The van der Waals surface area contributed by atoms with Crippen LogP contribution in [-0.4, -0.2) is 48.6 Å². The van der Waals surface area contributed by atoms with E-state index in [0.717, 1.165) is 6.42 Å². The SMILES string of the molecule is CCCC(=O)c1c(O)oc2ccccc12.[Ca]. The summed E-state index contributed by atoms with van der Waals surface area (Å²) in [6.45, 7) is 1.93. The Kier molecular flexibility index (Phi) is 4.84. The summed E-state index contributed by atoms with van der Waals surface area (Å²) in [5, 5.41) is 10.2. The number of carbonyl (C=O) groups is 1. The van der Waals surface area contributed by atoms with Gasteiger partial charge in [-0.25, -0.2) is 0 Å². The molecule has 0 spiro atoms. The van der Waals surface area contributed by atoms with Crippen LogP contribution in [0.25, 0.3) is 11.0 Å². The van der Waals surface area contributed by atoms with Gasteiger partial charge in [-0.1, -0.05) is 25.1 Å². The van der Waals surface area contributed by atoms with Crippen molar-refractivity contribution in [3.63, 3.8) is 0 Å². The average Bonchev–Trinajstić information content (AvgIpc) is 2.54. The molecule has 0 atom stereocenters. The number of rotatable bonds is 3. The van der Waals surface area contributed by atoms with E-state index in [0.29, 0.717) is 23.0 Å².